The van der Waals surface area contributed by atoms with E-state index in [9.17, 15) is 4.39 Å². The third-order valence-corrected chi connectivity index (χ3v) is 3.87. The van der Waals surface area contributed by atoms with Crippen LogP contribution >= 0.6 is 0 Å². The molecule has 1 nitrogen and oxygen atoms in total. The fraction of sp³-hybridized carbons (Fsp3) is 0.538. The molecule has 0 aliphatic heterocycles. The highest BCUT2D eigenvalue weighted by molar-refractivity contribution is 5.38. The van der Waals surface area contributed by atoms with E-state index in [0.29, 0.717) is 18.4 Å². The van der Waals surface area contributed by atoms with E-state index >= 15 is 0 Å². The summed E-state index contributed by atoms with van der Waals surface area (Å²) >= 11 is 0. The van der Waals surface area contributed by atoms with Crippen molar-refractivity contribution in [1.29, 1.82) is 0 Å². The van der Waals surface area contributed by atoms with Crippen LogP contribution in [0.4, 0.5) is 4.39 Å². The summed E-state index contributed by atoms with van der Waals surface area (Å²) in [5.74, 6) is 0.892. The number of rotatable bonds is 2. The summed E-state index contributed by atoms with van der Waals surface area (Å²) in [6.45, 7) is 7.16. The summed E-state index contributed by atoms with van der Waals surface area (Å²) in [4.78, 5) is 0. The molecule has 2 rings (SSSR count). The fourth-order valence-corrected chi connectivity index (χ4v) is 2.79. The van der Waals surface area contributed by atoms with Gasteiger partial charge in [0, 0.05) is 0 Å². The number of hydrogen-bond donors (Lipinski definition) is 1. The lowest BCUT2D eigenvalue weighted by atomic mass is 9.99. The zero-order valence-electron chi connectivity index (χ0n) is 9.55. The Morgan fingerprint density at radius 1 is 1.40 bits per heavy atom. The van der Waals surface area contributed by atoms with Crippen LogP contribution in [0.2, 0.25) is 0 Å². The van der Waals surface area contributed by atoms with E-state index in [1.807, 2.05) is 13.0 Å². The molecule has 0 saturated heterocycles. The minimum absolute atomic E-state index is 0.154. The molecule has 1 aliphatic carbocycles. The third kappa shape index (κ3) is 1.57. The monoisotopic (exact) mass is 207 g/mol. The van der Waals surface area contributed by atoms with Crippen LogP contribution in [0.1, 0.15) is 30.9 Å². The first-order valence-electron chi connectivity index (χ1n) is 5.44. The Labute approximate surface area is 90.5 Å². The Morgan fingerprint density at radius 2 is 2.07 bits per heavy atom. The van der Waals surface area contributed by atoms with E-state index in [2.05, 4.69) is 13.8 Å². The lowest BCUT2D eigenvalue weighted by Crippen LogP contribution is -2.05. The van der Waals surface area contributed by atoms with Crippen LogP contribution in [0.25, 0.3) is 0 Å². The van der Waals surface area contributed by atoms with E-state index in [1.165, 1.54) is 5.56 Å². The molecule has 0 spiro atoms. The van der Waals surface area contributed by atoms with Gasteiger partial charge in [-0.25, -0.2) is 4.39 Å². The molecule has 0 radical (unpaired) electrons. The van der Waals surface area contributed by atoms with Gasteiger partial charge in [0.25, 0.3) is 0 Å². The van der Waals surface area contributed by atoms with Gasteiger partial charge < -0.3 is 5.73 Å². The van der Waals surface area contributed by atoms with Crippen molar-refractivity contribution in [3.05, 3.63) is 35.1 Å². The first-order valence-corrected chi connectivity index (χ1v) is 5.44. The van der Waals surface area contributed by atoms with Gasteiger partial charge in [-0.15, -0.1) is 0 Å². The molecular weight excluding hydrogens is 189 g/mol. The van der Waals surface area contributed by atoms with Crippen LogP contribution in [0, 0.1) is 24.1 Å². The van der Waals surface area contributed by atoms with Gasteiger partial charge in [0.15, 0.2) is 0 Å². The van der Waals surface area contributed by atoms with Crippen molar-refractivity contribution in [2.24, 2.45) is 17.1 Å². The van der Waals surface area contributed by atoms with Crippen LogP contribution < -0.4 is 5.73 Å². The van der Waals surface area contributed by atoms with Gasteiger partial charge in [0.2, 0.25) is 0 Å². The van der Waals surface area contributed by atoms with Gasteiger partial charge in [0.05, 0.1) is 0 Å². The normalized spacial score (nSPS) is 27.8. The second kappa shape index (κ2) is 3.31. The van der Waals surface area contributed by atoms with Gasteiger partial charge in [-0.3, -0.25) is 0 Å². The molecule has 0 aromatic heterocycles. The van der Waals surface area contributed by atoms with Gasteiger partial charge in [-0.1, -0.05) is 19.9 Å². The van der Waals surface area contributed by atoms with E-state index < -0.39 is 0 Å². The number of benzene rings is 1. The smallest absolute Gasteiger partial charge is 0.123 e. The quantitative estimate of drug-likeness (QED) is 0.793. The van der Waals surface area contributed by atoms with Crippen LogP contribution in [0.15, 0.2) is 18.2 Å². The minimum Gasteiger partial charge on any atom is -0.330 e. The molecule has 0 bridgehead atoms. The second-order valence-electron chi connectivity index (χ2n) is 5.14. The molecule has 1 aromatic rings. The number of hydrogen-bond acceptors (Lipinski definition) is 1. The van der Waals surface area contributed by atoms with Crippen molar-refractivity contribution in [3.63, 3.8) is 0 Å². The van der Waals surface area contributed by atoms with Crippen molar-refractivity contribution >= 4 is 0 Å². The SMILES string of the molecule is Cc1cc(F)ccc1[C@H]1[C@H](CN)C1(C)C. The Kier molecular flexibility index (Phi) is 2.34. The minimum atomic E-state index is -0.154. The van der Waals surface area contributed by atoms with Crippen LogP contribution in [0.3, 0.4) is 0 Å². The summed E-state index contributed by atoms with van der Waals surface area (Å²) in [7, 11) is 0. The van der Waals surface area contributed by atoms with E-state index in [1.54, 1.807) is 12.1 Å². The summed E-state index contributed by atoms with van der Waals surface area (Å²) in [5, 5.41) is 0. The molecule has 0 amide bonds. The van der Waals surface area contributed by atoms with Crippen LogP contribution in [-0.2, 0) is 0 Å². The average Bonchev–Trinajstić information content (AvgIpc) is 2.68. The Hall–Kier alpha value is -0.890. The lowest BCUT2D eigenvalue weighted by molar-refractivity contribution is 0.558. The van der Waals surface area contributed by atoms with E-state index in [4.69, 9.17) is 5.73 Å². The first-order chi connectivity index (χ1) is 6.98. The van der Waals surface area contributed by atoms with E-state index in [0.717, 1.165) is 5.56 Å². The molecule has 2 atom stereocenters. The number of nitrogens with two attached hydrogens (primary N) is 1. The highest BCUT2D eigenvalue weighted by Crippen LogP contribution is 2.64. The highest BCUT2D eigenvalue weighted by atomic mass is 19.1. The maximum Gasteiger partial charge on any atom is 0.123 e. The standard InChI is InChI=1S/C13H18FN/c1-8-6-9(14)4-5-10(8)12-11(7-15)13(12,2)3/h4-6,11-12H,7,15H2,1-3H3/t11-,12-/m0/s1. The van der Waals surface area contributed by atoms with Gasteiger partial charge in [-0.05, 0) is 54.0 Å². The molecule has 1 aliphatic rings. The Balaban J connectivity index is 2.33. The maximum atomic E-state index is 13.0. The molecule has 2 N–H and O–H groups in total. The molecular formula is C13H18FN. The molecule has 0 heterocycles. The van der Waals surface area contributed by atoms with Crippen molar-refractivity contribution < 1.29 is 4.39 Å². The van der Waals surface area contributed by atoms with Crippen molar-refractivity contribution in [2.75, 3.05) is 6.54 Å². The zero-order chi connectivity index (χ0) is 11.2. The second-order valence-corrected chi connectivity index (χ2v) is 5.14. The predicted molar refractivity (Wildman–Crippen MR) is 60.2 cm³/mol. The van der Waals surface area contributed by atoms with Gasteiger partial charge in [0.1, 0.15) is 5.82 Å². The van der Waals surface area contributed by atoms with Crippen LogP contribution in [0.5, 0.6) is 0 Å². The van der Waals surface area contributed by atoms with Crippen molar-refractivity contribution in [2.45, 2.75) is 26.7 Å². The molecule has 1 saturated carbocycles. The zero-order valence-corrected chi connectivity index (χ0v) is 9.55. The van der Waals surface area contributed by atoms with Gasteiger partial charge in [-0.2, -0.15) is 0 Å². The first kappa shape index (κ1) is 10.6. The predicted octanol–water partition coefficient (Wildman–Crippen LogP) is 2.83. The number of aryl methyl sites for hydroxylation is 1. The Bertz CT molecular complexity index is 384. The summed E-state index contributed by atoms with van der Waals surface area (Å²) in [5.41, 5.74) is 8.32. The number of halogens is 1. The molecule has 2 heteroatoms. The molecule has 82 valence electrons. The third-order valence-electron chi connectivity index (χ3n) is 3.87. The van der Waals surface area contributed by atoms with E-state index in [-0.39, 0.29) is 11.2 Å². The molecule has 1 fully saturated rings. The largest absolute Gasteiger partial charge is 0.330 e. The van der Waals surface area contributed by atoms with Gasteiger partial charge >= 0.3 is 0 Å². The molecule has 15 heavy (non-hydrogen) atoms. The van der Waals surface area contributed by atoms with Crippen molar-refractivity contribution in [3.8, 4) is 0 Å². The summed E-state index contributed by atoms with van der Waals surface area (Å²) < 4.78 is 13.0. The lowest BCUT2D eigenvalue weighted by Gasteiger charge is -2.07. The summed E-state index contributed by atoms with van der Waals surface area (Å²) in [6, 6.07) is 5.06. The average molecular weight is 207 g/mol. The fourth-order valence-electron chi connectivity index (χ4n) is 2.79. The van der Waals surface area contributed by atoms with Crippen molar-refractivity contribution in [1.82, 2.24) is 0 Å². The molecule has 1 aromatic carbocycles. The highest BCUT2D eigenvalue weighted by Gasteiger charge is 2.57. The maximum absolute atomic E-state index is 13.0. The van der Waals surface area contributed by atoms with Crippen LogP contribution in [-0.4, -0.2) is 6.54 Å². The topological polar surface area (TPSA) is 26.0 Å². The Morgan fingerprint density at radius 3 is 2.53 bits per heavy atom. The molecule has 0 unspecified atom stereocenters. The summed E-state index contributed by atoms with van der Waals surface area (Å²) in [6.07, 6.45) is 0.